The number of aromatic nitrogens is 1. The van der Waals surface area contributed by atoms with Crippen molar-refractivity contribution in [2.24, 2.45) is 22.2 Å². The molecule has 8 heteroatoms. The van der Waals surface area contributed by atoms with Crippen LogP contribution in [0.15, 0.2) is 71.2 Å². The predicted molar refractivity (Wildman–Crippen MR) is 140 cm³/mol. The standard InChI is InChI=1S/C27H31N7O/c28-25(19-7-6-18-8-9-22(33-23(18)14-19)17-4-2-1-3-5-17)24(27(30)35)26(29)32-20-15-21(16-20)34-12-10-31-11-13-34/h1-9,14,20-21,31H,10-13,15-16,28H2,(H2,29,32)(H2,30,35)/b25-24+. The van der Waals surface area contributed by atoms with Gasteiger partial charge in [-0.2, -0.15) is 0 Å². The summed E-state index contributed by atoms with van der Waals surface area (Å²) >= 11 is 0. The fraction of sp³-hybridized carbons (Fsp3) is 0.296. The molecule has 2 fully saturated rings. The number of rotatable bonds is 6. The van der Waals surface area contributed by atoms with Crippen molar-refractivity contribution in [1.29, 1.82) is 0 Å². The van der Waals surface area contributed by atoms with Crippen LogP contribution in [0.5, 0.6) is 0 Å². The number of nitrogens with one attached hydrogen (secondary N) is 1. The van der Waals surface area contributed by atoms with Gasteiger partial charge in [0.2, 0.25) is 0 Å². The molecule has 1 saturated carbocycles. The van der Waals surface area contributed by atoms with Gasteiger partial charge >= 0.3 is 0 Å². The monoisotopic (exact) mass is 469 g/mol. The number of carbonyl (C=O) groups excluding carboxylic acids is 1. The van der Waals surface area contributed by atoms with Crippen LogP contribution in [0.3, 0.4) is 0 Å². The van der Waals surface area contributed by atoms with E-state index in [1.807, 2.05) is 60.7 Å². The lowest BCUT2D eigenvalue weighted by atomic mass is 9.85. The van der Waals surface area contributed by atoms with Crippen molar-refractivity contribution >= 4 is 28.3 Å². The lowest BCUT2D eigenvalue weighted by Crippen LogP contribution is -2.54. The fourth-order valence-corrected chi connectivity index (χ4v) is 4.87. The number of hydrogen-bond donors (Lipinski definition) is 4. The third-order valence-corrected chi connectivity index (χ3v) is 6.92. The second-order valence-electron chi connectivity index (χ2n) is 9.20. The van der Waals surface area contributed by atoms with Crippen molar-refractivity contribution in [3.63, 3.8) is 0 Å². The lowest BCUT2D eigenvalue weighted by Gasteiger charge is -2.43. The molecule has 0 radical (unpaired) electrons. The third-order valence-electron chi connectivity index (χ3n) is 6.92. The molecule has 0 bridgehead atoms. The van der Waals surface area contributed by atoms with Gasteiger partial charge in [0.15, 0.2) is 0 Å². The first-order valence-electron chi connectivity index (χ1n) is 12.0. The first kappa shape index (κ1) is 23.0. The van der Waals surface area contributed by atoms with Crippen LogP contribution in [0.4, 0.5) is 0 Å². The molecule has 0 atom stereocenters. The Morgan fingerprint density at radius 3 is 2.40 bits per heavy atom. The maximum atomic E-state index is 12.4. The summed E-state index contributed by atoms with van der Waals surface area (Å²) in [6.07, 6.45) is 1.85. The summed E-state index contributed by atoms with van der Waals surface area (Å²) in [5.41, 5.74) is 22.0. The zero-order valence-electron chi connectivity index (χ0n) is 19.7. The zero-order valence-corrected chi connectivity index (χ0v) is 19.7. The Kier molecular flexibility index (Phi) is 6.48. The average molecular weight is 470 g/mol. The Morgan fingerprint density at radius 1 is 0.971 bits per heavy atom. The summed E-state index contributed by atoms with van der Waals surface area (Å²) in [6, 6.07) is 20.2. The summed E-state index contributed by atoms with van der Waals surface area (Å²) in [6.45, 7) is 4.15. The Labute approximate surface area is 204 Å². The Morgan fingerprint density at radius 2 is 1.69 bits per heavy atom. The summed E-state index contributed by atoms with van der Waals surface area (Å²) in [5, 5.41) is 4.34. The number of nitrogens with two attached hydrogens (primary N) is 3. The largest absolute Gasteiger partial charge is 0.397 e. The van der Waals surface area contributed by atoms with Gasteiger partial charge in [-0.1, -0.05) is 48.5 Å². The molecular weight excluding hydrogens is 438 g/mol. The number of piperazine rings is 1. The Balaban J connectivity index is 1.40. The number of hydrogen-bond acceptors (Lipinski definition) is 6. The van der Waals surface area contributed by atoms with Gasteiger partial charge in [-0.25, -0.2) is 4.98 Å². The van der Waals surface area contributed by atoms with Crippen molar-refractivity contribution in [3.05, 3.63) is 71.8 Å². The van der Waals surface area contributed by atoms with E-state index in [4.69, 9.17) is 22.2 Å². The SMILES string of the molecule is NC(=O)/C(C(N)=NC1CC(N2CCNCC2)C1)=C(/N)c1ccc2ccc(-c3ccccc3)nc2c1. The van der Waals surface area contributed by atoms with E-state index >= 15 is 0 Å². The normalized spacial score (nSPS) is 21.9. The molecule has 1 amide bonds. The molecule has 7 N–H and O–H groups in total. The Hall–Kier alpha value is -3.75. The number of primary amides is 1. The summed E-state index contributed by atoms with van der Waals surface area (Å²) in [7, 11) is 0. The van der Waals surface area contributed by atoms with E-state index in [-0.39, 0.29) is 23.1 Å². The van der Waals surface area contributed by atoms with E-state index < -0.39 is 5.91 Å². The van der Waals surface area contributed by atoms with Crippen molar-refractivity contribution in [2.75, 3.05) is 26.2 Å². The van der Waals surface area contributed by atoms with Crippen LogP contribution in [-0.4, -0.2) is 59.9 Å². The second kappa shape index (κ2) is 9.85. The van der Waals surface area contributed by atoms with Gasteiger partial charge in [0.05, 0.1) is 22.9 Å². The summed E-state index contributed by atoms with van der Waals surface area (Å²) in [4.78, 5) is 24.2. The number of nitrogens with zero attached hydrogens (tertiary/aromatic N) is 3. The molecule has 8 nitrogen and oxygen atoms in total. The van der Waals surface area contributed by atoms with E-state index in [1.165, 1.54) is 0 Å². The topological polar surface area (TPSA) is 136 Å². The quantitative estimate of drug-likeness (QED) is 0.247. The van der Waals surface area contributed by atoms with Crippen LogP contribution in [0.2, 0.25) is 0 Å². The third kappa shape index (κ3) is 4.89. The molecule has 1 aliphatic heterocycles. The maximum Gasteiger partial charge on any atom is 0.254 e. The zero-order chi connectivity index (χ0) is 24.4. The first-order chi connectivity index (χ1) is 17.0. The van der Waals surface area contributed by atoms with Crippen molar-refractivity contribution in [2.45, 2.75) is 24.9 Å². The lowest BCUT2D eigenvalue weighted by molar-refractivity contribution is -0.114. The number of aliphatic imine (C=N–C) groups is 1. The van der Waals surface area contributed by atoms with Crippen molar-refractivity contribution in [1.82, 2.24) is 15.2 Å². The number of carbonyl (C=O) groups is 1. The highest BCUT2D eigenvalue weighted by Gasteiger charge is 2.34. The van der Waals surface area contributed by atoms with E-state index in [0.29, 0.717) is 11.6 Å². The van der Waals surface area contributed by atoms with Gasteiger partial charge in [0, 0.05) is 48.7 Å². The molecule has 1 aromatic heterocycles. The summed E-state index contributed by atoms with van der Waals surface area (Å²) < 4.78 is 0. The smallest absolute Gasteiger partial charge is 0.254 e. The second-order valence-corrected chi connectivity index (χ2v) is 9.20. The maximum absolute atomic E-state index is 12.4. The number of benzene rings is 2. The molecule has 1 saturated heterocycles. The first-order valence-corrected chi connectivity index (χ1v) is 12.0. The molecular formula is C27H31N7O. The highest BCUT2D eigenvalue weighted by atomic mass is 16.1. The number of fused-ring (bicyclic) bond motifs is 1. The number of amidine groups is 1. The van der Waals surface area contributed by atoms with Gasteiger partial charge in [-0.15, -0.1) is 0 Å². The van der Waals surface area contributed by atoms with Gasteiger partial charge < -0.3 is 22.5 Å². The molecule has 5 rings (SSSR count). The Bertz CT molecular complexity index is 1290. The fourth-order valence-electron chi connectivity index (χ4n) is 4.87. The van der Waals surface area contributed by atoms with Crippen LogP contribution in [-0.2, 0) is 4.79 Å². The van der Waals surface area contributed by atoms with Gasteiger partial charge in [-0.05, 0) is 25.0 Å². The van der Waals surface area contributed by atoms with Crippen LogP contribution in [0.25, 0.3) is 27.9 Å². The molecule has 180 valence electrons. The highest BCUT2D eigenvalue weighted by Crippen LogP contribution is 2.29. The number of pyridine rings is 1. The minimum absolute atomic E-state index is 0.0641. The average Bonchev–Trinajstić information content (AvgIpc) is 2.86. The van der Waals surface area contributed by atoms with Gasteiger partial charge in [-0.3, -0.25) is 14.7 Å². The van der Waals surface area contributed by atoms with Crippen molar-refractivity contribution in [3.8, 4) is 11.3 Å². The molecule has 2 aliphatic rings. The van der Waals surface area contributed by atoms with E-state index in [2.05, 4.69) is 15.2 Å². The minimum Gasteiger partial charge on any atom is -0.397 e. The molecule has 3 aromatic rings. The number of amides is 1. The van der Waals surface area contributed by atoms with Crippen LogP contribution >= 0.6 is 0 Å². The van der Waals surface area contributed by atoms with E-state index in [9.17, 15) is 4.79 Å². The van der Waals surface area contributed by atoms with E-state index in [0.717, 1.165) is 61.2 Å². The molecule has 2 heterocycles. The molecule has 35 heavy (non-hydrogen) atoms. The minimum atomic E-state index is -0.687. The highest BCUT2D eigenvalue weighted by molar-refractivity contribution is 6.24. The van der Waals surface area contributed by atoms with Gasteiger partial charge in [0.1, 0.15) is 11.4 Å². The van der Waals surface area contributed by atoms with Crippen molar-refractivity contribution < 1.29 is 4.79 Å². The van der Waals surface area contributed by atoms with Crippen LogP contribution < -0.4 is 22.5 Å². The molecule has 2 aromatic carbocycles. The predicted octanol–water partition coefficient (Wildman–Crippen LogP) is 1.85. The molecule has 1 aliphatic carbocycles. The summed E-state index contributed by atoms with van der Waals surface area (Å²) in [5.74, 6) is -0.585. The van der Waals surface area contributed by atoms with Gasteiger partial charge in [0.25, 0.3) is 5.91 Å². The molecule has 0 unspecified atom stereocenters. The molecule has 0 spiro atoms. The van der Waals surface area contributed by atoms with Crippen LogP contribution in [0.1, 0.15) is 18.4 Å². The van der Waals surface area contributed by atoms with E-state index in [1.54, 1.807) is 0 Å². The van der Waals surface area contributed by atoms with Crippen LogP contribution in [0, 0.1) is 0 Å².